The van der Waals surface area contributed by atoms with Gasteiger partial charge in [0.2, 0.25) is 5.91 Å². The summed E-state index contributed by atoms with van der Waals surface area (Å²) < 4.78 is 5.18. The normalized spacial score (nSPS) is 11.2. The Kier molecular flexibility index (Phi) is 6.33. The highest BCUT2D eigenvalue weighted by Crippen LogP contribution is 2.30. The quantitative estimate of drug-likeness (QED) is 0.574. The van der Waals surface area contributed by atoms with Crippen molar-refractivity contribution in [2.24, 2.45) is 0 Å². The summed E-state index contributed by atoms with van der Waals surface area (Å²) in [6.07, 6.45) is 0. The van der Waals surface area contributed by atoms with Gasteiger partial charge in [-0.3, -0.25) is 4.79 Å². The summed E-state index contributed by atoms with van der Waals surface area (Å²) in [6.45, 7) is 0.389. The van der Waals surface area contributed by atoms with Crippen LogP contribution in [-0.2, 0) is 11.3 Å². The molecular weight excluding hydrogens is 366 g/mol. The van der Waals surface area contributed by atoms with Gasteiger partial charge in [-0.2, -0.15) is 5.26 Å². The molecule has 0 bridgehead atoms. The van der Waals surface area contributed by atoms with E-state index in [0.717, 1.165) is 5.56 Å². The van der Waals surface area contributed by atoms with E-state index in [2.05, 4.69) is 16.7 Å². The van der Waals surface area contributed by atoms with Crippen LogP contribution < -0.4 is 15.4 Å². The predicted molar refractivity (Wildman–Crippen MR) is 110 cm³/mol. The molecule has 0 saturated heterocycles. The molecule has 0 radical (unpaired) electrons. The monoisotopic (exact) mass is 387 g/mol. The fourth-order valence-electron chi connectivity index (χ4n) is 2.87. The van der Waals surface area contributed by atoms with Gasteiger partial charge in [0.05, 0.1) is 18.7 Å². The van der Waals surface area contributed by atoms with Crippen LogP contribution in [-0.4, -0.2) is 18.1 Å². The van der Waals surface area contributed by atoms with Crippen molar-refractivity contribution in [3.63, 3.8) is 0 Å². The van der Waals surface area contributed by atoms with Gasteiger partial charge in [-0.15, -0.1) is 0 Å². The molecule has 0 heterocycles. The van der Waals surface area contributed by atoms with Crippen molar-refractivity contribution in [3.05, 3.63) is 89.5 Å². The largest absolute Gasteiger partial charge is 0.504 e. The number of nitriles is 1. The Morgan fingerprint density at radius 3 is 2.48 bits per heavy atom. The number of anilines is 1. The van der Waals surface area contributed by atoms with Crippen LogP contribution in [0, 0.1) is 11.3 Å². The van der Waals surface area contributed by atoms with E-state index in [1.807, 2.05) is 30.3 Å². The van der Waals surface area contributed by atoms with E-state index < -0.39 is 6.04 Å². The van der Waals surface area contributed by atoms with Gasteiger partial charge >= 0.3 is 0 Å². The lowest BCUT2D eigenvalue weighted by Crippen LogP contribution is -2.33. The Bertz CT molecular complexity index is 1010. The van der Waals surface area contributed by atoms with Crippen molar-refractivity contribution in [1.82, 2.24) is 5.32 Å². The van der Waals surface area contributed by atoms with E-state index in [1.165, 1.54) is 13.2 Å². The summed E-state index contributed by atoms with van der Waals surface area (Å²) >= 11 is 0. The lowest BCUT2D eigenvalue weighted by atomic mass is 10.0. The van der Waals surface area contributed by atoms with Crippen molar-refractivity contribution in [2.75, 3.05) is 12.4 Å². The van der Waals surface area contributed by atoms with Gasteiger partial charge in [-0.05, 0) is 47.5 Å². The molecule has 0 unspecified atom stereocenters. The molecule has 0 aliphatic rings. The maximum absolute atomic E-state index is 13.0. The molecule has 6 heteroatoms. The Morgan fingerprint density at radius 2 is 1.83 bits per heavy atom. The van der Waals surface area contributed by atoms with Crippen LogP contribution in [0.25, 0.3) is 0 Å². The van der Waals surface area contributed by atoms with E-state index in [0.29, 0.717) is 23.4 Å². The van der Waals surface area contributed by atoms with E-state index in [-0.39, 0.29) is 17.4 Å². The lowest BCUT2D eigenvalue weighted by molar-refractivity contribution is -0.122. The standard InChI is InChI=1S/C23H21N3O3/c1-29-21-13-18(9-12-20(21)27)22(26-19-10-7-16(14-24)8-11-19)23(28)25-15-17-5-3-2-4-6-17/h2-13,22,26-27H,15H2,1H3,(H,25,28)/t22-/m0/s1. The Morgan fingerprint density at radius 1 is 1.10 bits per heavy atom. The number of rotatable bonds is 7. The molecule has 1 amide bonds. The first kappa shape index (κ1) is 19.8. The number of phenols is 1. The fourth-order valence-corrected chi connectivity index (χ4v) is 2.87. The third kappa shape index (κ3) is 5.05. The van der Waals surface area contributed by atoms with E-state index in [1.54, 1.807) is 36.4 Å². The highest BCUT2D eigenvalue weighted by atomic mass is 16.5. The van der Waals surface area contributed by atoms with Crippen LogP contribution in [0.4, 0.5) is 5.69 Å². The molecule has 3 aromatic carbocycles. The maximum atomic E-state index is 13.0. The first-order chi connectivity index (χ1) is 14.1. The van der Waals surface area contributed by atoms with Gasteiger partial charge in [0.15, 0.2) is 11.5 Å². The van der Waals surface area contributed by atoms with Crippen LogP contribution >= 0.6 is 0 Å². The fraction of sp³-hybridized carbons (Fsp3) is 0.130. The zero-order valence-electron chi connectivity index (χ0n) is 15.9. The molecule has 0 aromatic heterocycles. The van der Waals surface area contributed by atoms with Crippen LogP contribution in [0.2, 0.25) is 0 Å². The van der Waals surface area contributed by atoms with Crippen molar-refractivity contribution in [2.45, 2.75) is 12.6 Å². The van der Waals surface area contributed by atoms with Crippen LogP contribution in [0.15, 0.2) is 72.8 Å². The number of hydrogen-bond donors (Lipinski definition) is 3. The molecule has 0 aliphatic carbocycles. The maximum Gasteiger partial charge on any atom is 0.247 e. The van der Waals surface area contributed by atoms with Crippen LogP contribution in [0.3, 0.4) is 0 Å². The molecule has 29 heavy (non-hydrogen) atoms. The molecule has 0 aliphatic heterocycles. The number of methoxy groups -OCH3 is 1. The first-order valence-corrected chi connectivity index (χ1v) is 9.06. The number of amides is 1. The molecule has 3 aromatic rings. The van der Waals surface area contributed by atoms with Crippen molar-refractivity contribution in [1.29, 1.82) is 5.26 Å². The molecule has 146 valence electrons. The second kappa shape index (κ2) is 9.29. The van der Waals surface area contributed by atoms with E-state index >= 15 is 0 Å². The molecule has 6 nitrogen and oxygen atoms in total. The minimum atomic E-state index is -0.721. The third-order valence-corrected chi connectivity index (χ3v) is 4.43. The molecule has 0 fully saturated rings. The predicted octanol–water partition coefficient (Wildman–Crippen LogP) is 3.74. The Labute approximate surface area is 169 Å². The average molecular weight is 387 g/mol. The van der Waals surface area contributed by atoms with E-state index in [9.17, 15) is 9.90 Å². The molecule has 1 atom stereocenters. The van der Waals surface area contributed by atoms with Gasteiger partial charge in [0.25, 0.3) is 0 Å². The summed E-state index contributed by atoms with van der Waals surface area (Å²) in [5, 5.41) is 25.0. The zero-order valence-corrected chi connectivity index (χ0v) is 15.9. The number of carbonyl (C=O) groups is 1. The van der Waals surface area contributed by atoms with Gasteiger partial charge in [-0.1, -0.05) is 36.4 Å². The number of hydrogen-bond acceptors (Lipinski definition) is 5. The minimum Gasteiger partial charge on any atom is -0.504 e. The number of phenolic OH excluding ortho intramolecular Hbond substituents is 1. The molecule has 3 N–H and O–H groups in total. The number of benzene rings is 3. The second-order valence-corrected chi connectivity index (χ2v) is 6.40. The van der Waals surface area contributed by atoms with E-state index in [4.69, 9.17) is 10.00 Å². The third-order valence-electron chi connectivity index (χ3n) is 4.43. The Hall–Kier alpha value is -3.98. The van der Waals surface area contributed by atoms with Crippen molar-refractivity contribution in [3.8, 4) is 17.6 Å². The van der Waals surface area contributed by atoms with Gasteiger partial charge in [0.1, 0.15) is 6.04 Å². The molecule has 0 saturated carbocycles. The highest BCUT2D eigenvalue weighted by molar-refractivity contribution is 5.86. The number of carbonyl (C=O) groups excluding carboxylic acids is 1. The van der Waals surface area contributed by atoms with Crippen molar-refractivity contribution < 1.29 is 14.6 Å². The first-order valence-electron chi connectivity index (χ1n) is 9.06. The smallest absolute Gasteiger partial charge is 0.247 e. The summed E-state index contributed by atoms with van der Waals surface area (Å²) in [6, 6.07) is 22.6. The number of ether oxygens (including phenoxy) is 1. The molecular formula is C23H21N3O3. The average Bonchev–Trinajstić information content (AvgIpc) is 2.77. The van der Waals surface area contributed by atoms with Gasteiger partial charge in [-0.25, -0.2) is 0 Å². The molecule has 0 spiro atoms. The van der Waals surface area contributed by atoms with Gasteiger partial charge < -0.3 is 20.5 Å². The van der Waals surface area contributed by atoms with Crippen LogP contribution in [0.1, 0.15) is 22.7 Å². The van der Waals surface area contributed by atoms with Crippen LogP contribution in [0.5, 0.6) is 11.5 Å². The minimum absolute atomic E-state index is 0.00179. The summed E-state index contributed by atoms with van der Waals surface area (Å²) in [5.41, 5.74) is 2.85. The molecule has 3 rings (SSSR count). The summed E-state index contributed by atoms with van der Waals surface area (Å²) in [7, 11) is 1.46. The topological polar surface area (TPSA) is 94.4 Å². The van der Waals surface area contributed by atoms with Crippen molar-refractivity contribution >= 4 is 11.6 Å². The summed E-state index contributed by atoms with van der Waals surface area (Å²) in [4.78, 5) is 13.0. The zero-order chi connectivity index (χ0) is 20.6. The number of nitrogens with one attached hydrogen (secondary N) is 2. The lowest BCUT2D eigenvalue weighted by Gasteiger charge is -2.21. The highest BCUT2D eigenvalue weighted by Gasteiger charge is 2.22. The SMILES string of the molecule is COc1cc([C@H](Nc2ccc(C#N)cc2)C(=O)NCc2ccccc2)ccc1O. The van der Waals surface area contributed by atoms with Gasteiger partial charge in [0, 0.05) is 12.2 Å². The number of aromatic hydroxyl groups is 1. The second-order valence-electron chi connectivity index (χ2n) is 6.40. The summed E-state index contributed by atoms with van der Waals surface area (Å²) in [5.74, 6) is 0.0500. The number of nitrogens with zero attached hydrogens (tertiary/aromatic N) is 1. The Balaban J connectivity index is 1.85.